The van der Waals surface area contributed by atoms with Crippen LogP contribution in [-0.2, 0) is 0 Å². The number of nitrogens with one attached hydrogen (secondary N) is 2. The minimum atomic E-state index is -0.309. The predicted octanol–water partition coefficient (Wildman–Crippen LogP) is 4.62. The lowest BCUT2D eigenvalue weighted by molar-refractivity contribution is 0.102. The van der Waals surface area contributed by atoms with Gasteiger partial charge in [0.25, 0.3) is 5.91 Å². The molecule has 3 aromatic rings. The van der Waals surface area contributed by atoms with Crippen LogP contribution >= 0.6 is 0 Å². The summed E-state index contributed by atoms with van der Waals surface area (Å²) in [5.41, 5.74) is 4.57. The molecule has 0 saturated carbocycles. The van der Waals surface area contributed by atoms with Crippen molar-refractivity contribution < 1.29 is 9.18 Å². The number of hydrogen-bond donors (Lipinski definition) is 2. The van der Waals surface area contributed by atoms with E-state index in [1.165, 1.54) is 12.1 Å². The summed E-state index contributed by atoms with van der Waals surface area (Å²) < 4.78 is 13.0. The van der Waals surface area contributed by atoms with Crippen LogP contribution in [0, 0.1) is 12.7 Å². The molecule has 0 saturated heterocycles. The van der Waals surface area contributed by atoms with Gasteiger partial charge < -0.3 is 10.2 Å². The summed E-state index contributed by atoms with van der Waals surface area (Å²) in [5.74, 6) is -0.578. The van der Waals surface area contributed by atoms with E-state index in [0.717, 1.165) is 35.6 Å². The van der Waals surface area contributed by atoms with Gasteiger partial charge in [0.15, 0.2) is 0 Å². The van der Waals surface area contributed by atoms with Crippen LogP contribution in [0.15, 0.2) is 48.5 Å². The predicted molar refractivity (Wildman–Crippen MR) is 107 cm³/mol. The molecule has 0 aliphatic heterocycles. The van der Waals surface area contributed by atoms with E-state index in [0.29, 0.717) is 11.4 Å². The Labute approximate surface area is 158 Å². The van der Waals surface area contributed by atoms with Gasteiger partial charge in [0.05, 0.1) is 5.69 Å². The Morgan fingerprint density at radius 3 is 2.44 bits per heavy atom. The van der Waals surface area contributed by atoms with E-state index in [9.17, 15) is 9.18 Å². The van der Waals surface area contributed by atoms with Crippen molar-refractivity contribution >= 4 is 17.3 Å². The second-order valence-corrected chi connectivity index (χ2v) is 6.30. The molecular formula is C21H23FN4O. The van der Waals surface area contributed by atoms with Crippen LogP contribution in [0.4, 0.5) is 15.8 Å². The molecular weight excluding hydrogens is 343 g/mol. The van der Waals surface area contributed by atoms with Crippen molar-refractivity contribution in [2.24, 2.45) is 0 Å². The number of aromatic amines is 1. The molecule has 0 radical (unpaired) electrons. The zero-order chi connectivity index (χ0) is 19.4. The van der Waals surface area contributed by atoms with Crippen molar-refractivity contribution in [2.75, 3.05) is 23.3 Å². The highest BCUT2D eigenvalue weighted by atomic mass is 19.1. The first-order valence-corrected chi connectivity index (χ1v) is 9.00. The fourth-order valence-electron chi connectivity index (χ4n) is 2.97. The van der Waals surface area contributed by atoms with Gasteiger partial charge in [-0.3, -0.25) is 9.89 Å². The first-order chi connectivity index (χ1) is 13.0. The van der Waals surface area contributed by atoms with Crippen molar-refractivity contribution in [3.8, 4) is 11.3 Å². The van der Waals surface area contributed by atoms with Crippen LogP contribution in [0.1, 0.15) is 29.9 Å². The Kier molecular flexibility index (Phi) is 5.54. The van der Waals surface area contributed by atoms with Crippen LogP contribution in [0.25, 0.3) is 11.3 Å². The Morgan fingerprint density at radius 1 is 1.11 bits per heavy atom. The largest absolute Gasteiger partial charge is 0.372 e. The van der Waals surface area contributed by atoms with Crippen LogP contribution in [0.3, 0.4) is 0 Å². The Bertz CT molecular complexity index is 930. The Hall–Kier alpha value is -3.15. The molecule has 6 heteroatoms. The van der Waals surface area contributed by atoms with Gasteiger partial charge in [-0.1, -0.05) is 0 Å². The molecule has 0 aliphatic carbocycles. The van der Waals surface area contributed by atoms with Crippen molar-refractivity contribution in [2.45, 2.75) is 20.8 Å². The van der Waals surface area contributed by atoms with Crippen molar-refractivity contribution in [3.05, 3.63) is 65.6 Å². The van der Waals surface area contributed by atoms with Gasteiger partial charge in [-0.15, -0.1) is 0 Å². The van der Waals surface area contributed by atoms with Gasteiger partial charge in [-0.25, -0.2) is 4.39 Å². The van der Waals surface area contributed by atoms with Gasteiger partial charge in [0, 0.05) is 30.0 Å². The van der Waals surface area contributed by atoms with Crippen molar-refractivity contribution in [1.82, 2.24) is 10.2 Å². The number of rotatable bonds is 6. The van der Waals surface area contributed by atoms with Crippen molar-refractivity contribution in [3.63, 3.8) is 0 Å². The van der Waals surface area contributed by atoms with E-state index in [1.807, 2.05) is 19.1 Å². The number of halogens is 1. The summed E-state index contributed by atoms with van der Waals surface area (Å²) in [5, 5.41) is 9.80. The highest BCUT2D eigenvalue weighted by molar-refractivity contribution is 6.04. The lowest BCUT2D eigenvalue weighted by Gasteiger charge is -2.22. The molecule has 0 atom stereocenters. The molecule has 0 fully saturated rings. The molecule has 2 aromatic carbocycles. The van der Waals surface area contributed by atoms with E-state index in [4.69, 9.17) is 0 Å². The van der Waals surface area contributed by atoms with Crippen LogP contribution in [0.2, 0.25) is 0 Å². The van der Waals surface area contributed by atoms with E-state index in [1.54, 1.807) is 18.2 Å². The van der Waals surface area contributed by atoms with Gasteiger partial charge in [0.2, 0.25) is 0 Å². The number of amides is 1. The van der Waals surface area contributed by atoms with E-state index >= 15 is 0 Å². The third-order valence-corrected chi connectivity index (χ3v) is 4.55. The maximum absolute atomic E-state index is 13.0. The summed E-state index contributed by atoms with van der Waals surface area (Å²) in [6, 6.07) is 13.6. The smallest absolute Gasteiger partial charge is 0.273 e. The molecule has 1 aromatic heterocycles. The molecule has 1 heterocycles. The number of aromatic nitrogens is 2. The maximum Gasteiger partial charge on any atom is 0.273 e. The number of aryl methyl sites for hydroxylation is 1. The highest BCUT2D eigenvalue weighted by Crippen LogP contribution is 2.24. The zero-order valence-electron chi connectivity index (χ0n) is 15.7. The quantitative estimate of drug-likeness (QED) is 0.669. The number of carbonyl (C=O) groups is 1. The fourth-order valence-corrected chi connectivity index (χ4v) is 2.97. The van der Waals surface area contributed by atoms with Gasteiger partial charge in [-0.05, 0) is 74.9 Å². The topological polar surface area (TPSA) is 61.0 Å². The van der Waals surface area contributed by atoms with Crippen LogP contribution < -0.4 is 10.2 Å². The SMILES string of the molecule is CCN(CC)c1ccc(NC(=O)c2cc(-c3ccc(F)cc3)n[nH]2)c(C)c1. The fraction of sp³-hybridized carbons (Fsp3) is 0.238. The summed E-state index contributed by atoms with van der Waals surface area (Å²) in [4.78, 5) is 14.8. The third-order valence-electron chi connectivity index (χ3n) is 4.55. The molecule has 0 unspecified atom stereocenters. The van der Waals surface area contributed by atoms with Gasteiger partial charge >= 0.3 is 0 Å². The van der Waals surface area contributed by atoms with Gasteiger partial charge in [0.1, 0.15) is 11.5 Å². The standard InChI is InChI=1S/C21H23FN4O/c1-4-26(5-2)17-10-11-18(14(3)12-17)23-21(27)20-13-19(24-25-20)15-6-8-16(22)9-7-15/h6-13H,4-5H2,1-3H3,(H,23,27)(H,24,25). The first kappa shape index (κ1) is 18.6. The minimum Gasteiger partial charge on any atom is -0.372 e. The average Bonchev–Trinajstić information content (AvgIpc) is 3.16. The number of nitrogens with zero attached hydrogens (tertiary/aromatic N) is 2. The molecule has 0 spiro atoms. The van der Waals surface area contributed by atoms with Gasteiger partial charge in [-0.2, -0.15) is 5.10 Å². The second-order valence-electron chi connectivity index (χ2n) is 6.30. The molecule has 1 amide bonds. The molecule has 140 valence electrons. The summed E-state index contributed by atoms with van der Waals surface area (Å²) in [6.07, 6.45) is 0. The average molecular weight is 366 g/mol. The molecule has 0 bridgehead atoms. The number of benzene rings is 2. The Balaban J connectivity index is 1.75. The normalized spacial score (nSPS) is 10.7. The lowest BCUT2D eigenvalue weighted by Crippen LogP contribution is -2.22. The third kappa shape index (κ3) is 4.16. The minimum absolute atomic E-state index is 0.269. The molecule has 2 N–H and O–H groups in total. The van der Waals surface area contributed by atoms with E-state index in [-0.39, 0.29) is 11.7 Å². The first-order valence-electron chi connectivity index (χ1n) is 9.00. The molecule has 3 rings (SSSR count). The maximum atomic E-state index is 13.0. The number of hydrogen-bond acceptors (Lipinski definition) is 3. The lowest BCUT2D eigenvalue weighted by atomic mass is 10.1. The van der Waals surface area contributed by atoms with E-state index in [2.05, 4.69) is 40.3 Å². The zero-order valence-corrected chi connectivity index (χ0v) is 15.7. The monoisotopic (exact) mass is 366 g/mol. The molecule has 0 aliphatic rings. The number of anilines is 2. The number of H-pyrrole nitrogens is 1. The number of carbonyl (C=O) groups excluding carboxylic acids is 1. The summed E-state index contributed by atoms with van der Waals surface area (Å²) in [6.45, 7) is 8.07. The van der Waals surface area contributed by atoms with Crippen molar-refractivity contribution in [1.29, 1.82) is 0 Å². The molecule has 27 heavy (non-hydrogen) atoms. The second kappa shape index (κ2) is 8.03. The summed E-state index contributed by atoms with van der Waals surface area (Å²) in [7, 11) is 0. The van der Waals surface area contributed by atoms with Crippen LogP contribution in [0.5, 0.6) is 0 Å². The summed E-state index contributed by atoms with van der Waals surface area (Å²) >= 11 is 0. The van der Waals surface area contributed by atoms with E-state index < -0.39 is 0 Å². The van der Waals surface area contributed by atoms with Crippen LogP contribution in [-0.4, -0.2) is 29.2 Å². The Morgan fingerprint density at radius 2 is 1.81 bits per heavy atom. The highest BCUT2D eigenvalue weighted by Gasteiger charge is 2.13. The molecule has 5 nitrogen and oxygen atoms in total.